The van der Waals surface area contributed by atoms with E-state index in [4.69, 9.17) is 10.2 Å². The normalized spacial score (nSPS) is 15.4. The second kappa shape index (κ2) is 9.47. The van der Waals surface area contributed by atoms with Gasteiger partial charge in [-0.05, 0) is 12.3 Å². The second-order valence-electron chi connectivity index (χ2n) is 4.18. The molecule has 0 spiro atoms. The van der Waals surface area contributed by atoms with Crippen LogP contribution in [0.2, 0.25) is 0 Å². The molecule has 0 aromatic heterocycles. The molecule has 0 fully saturated rings. The molecule has 2 heteroatoms. The lowest BCUT2D eigenvalue weighted by molar-refractivity contribution is 0.0848. The summed E-state index contributed by atoms with van der Waals surface area (Å²) in [7, 11) is 0. The van der Waals surface area contributed by atoms with Gasteiger partial charge in [0.05, 0.1) is 12.7 Å². The van der Waals surface area contributed by atoms with Crippen LogP contribution in [-0.4, -0.2) is 22.9 Å². The highest BCUT2D eigenvalue weighted by molar-refractivity contribution is 4.60. The number of unbranched alkanes of at least 4 members (excludes halogenated alkanes) is 1. The third-order valence-electron chi connectivity index (χ3n) is 2.90. The lowest BCUT2D eigenvalue weighted by Gasteiger charge is -2.14. The van der Waals surface area contributed by atoms with Crippen molar-refractivity contribution in [3.63, 3.8) is 0 Å². The Labute approximate surface area is 88.3 Å². The Balaban J connectivity index is 3.42. The van der Waals surface area contributed by atoms with Crippen LogP contribution in [0.1, 0.15) is 58.8 Å². The fourth-order valence-electron chi connectivity index (χ4n) is 1.78. The zero-order valence-electron chi connectivity index (χ0n) is 9.71. The summed E-state index contributed by atoms with van der Waals surface area (Å²) in [5, 5.41) is 17.8. The Hall–Kier alpha value is -0.0800. The summed E-state index contributed by atoms with van der Waals surface area (Å²) < 4.78 is 0. The molecule has 0 amide bonds. The van der Waals surface area contributed by atoms with E-state index in [-0.39, 0.29) is 6.61 Å². The molecule has 86 valence electrons. The summed E-state index contributed by atoms with van der Waals surface area (Å²) in [6.45, 7) is 4.37. The van der Waals surface area contributed by atoms with Crippen LogP contribution in [0.25, 0.3) is 0 Å². The molecule has 0 aromatic carbocycles. The van der Waals surface area contributed by atoms with Gasteiger partial charge in [0.15, 0.2) is 0 Å². The molecule has 2 atom stereocenters. The van der Waals surface area contributed by atoms with Gasteiger partial charge in [0.25, 0.3) is 0 Å². The summed E-state index contributed by atoms with van der Waals surface area (Å²) in [5.74, 6) is 0.820. The maximum atomic E-state index is 9.17. The summed E-state index contributed by atoms with van der Waals surface area (Å²) in [4.78, 5) is 0. The van der Waals surface area contributed by atoms with Gasteiger partial charge in [-0.15, -0.1) is 0 Å². The van der Waals surface area contributed by atoms with Crippen molar-refractivity contribution >= 4 is 0 Å². The van der Waals surface area contributed by atoms with Gasteiger partial charge in [-0.3, -0.25) is 0 Å². The lowest BCUT2D eigenvalue weighted by Crippen LogP contribution is -2.12. The predicted molar refractivity (Wildman–Crippen MR) is 60.2 cm³/mol. The number of aliphatic hydroxyl groups is 2. The minimum Gasteiger partial charge on any atom is -0.394 e. The highest BCUT2D eigenvalue weighted by Gasteiger charge is 2.07. The van der Waals surface area contributed by atoms with Crippen LogP contribution in [-0.2, 0) is 0 Å². The van der Waals surface area contributed by atoms with Crippen LogP contribution in [0.15, 0.2) is 0 Å². The van der Waals surface area contributed by atoms with Crippen LogP contribution in [0.4, 0.5) is 0 Å². The standard InChI is InChI=1S/C12H26O2/c1-3-5-7-11(4-2)8-6-9-12(14)10-13/h11-14H,3-10H2,1-2H3. The van der Waals surface area contributed by atoms with Gasteiger partial charge in [-0.1, -0.05) is 52.4 Å². The third kappa shape index (κ3) is 7.34. The Kier molecular flexibility index (Phi) is 9.42. The van der Waals surface area contributed by atoms with Gasteiger partial charge in [0.2, 0.25) is 0 Å². The molecule has 2 nitrogen and oxygen atoms in total. The molecule has 2 N–H and O–H groups in total. The summed E-state index contributed by atoms with van der Waals surface area (Å²) in [6, 6.07) is 0. The molecule has 0 heterocycles. The Bertz CT molecular complexity index is 115. The van der Waals surface area contributed by atoms with Crippen LogP contribution in [0.3, 0.4) is 0 Å². The molecule has 0 bridgehead atoms. The van der Waals surface area contributed by atoms with Crippen molar-refractivity contribution in [3.8, 4) is 0 Å². The van der Waals surface area contributed by atoms with E-state index in [0.717, 1.165) is 18.8 Å². The van der Waals surface area contributed by atoms with Gasteiger partial charge < -0.3 is 10.2 Å². The summed E-state index contributed by atoms with van der Waals surface area (Å²) >= 11 is 0. The van der Waals surface area contributed by atoms with Crippen LogP contribution in [0.5, 0.6) is 0 Å². The van der Waals surface area contributed by atoms with Crippen molar-refractivity contribution in [2.45, 2.75) is 64.9 Å². The maximum absolute atomic E-state index is 9.17. The van der Waals surface area contributed by atoms with Crippen LogP contribution in [0, 0.1) is 5.92 Å². The summed E-state index contributed by atoms with van der Waals surface area (Å²) in [5.41, 5.74) is 0. The lowest BCUT2D eigenvalue weighted by atomic mass is 9.93. The van der Waals surface area contributed by atoms with Crippen molar-refractivity contribution < 1.29 is 10.2 Å². The predicted octanol–water partition coefficient (Wildman–Crippen LogP) is 2.73. The first kappa shape index (κ1) is 13.9. The molecule has 0 saturated carbocycles. The minimum atomic E-state index is -0.501. The fourth-order valence-corrected chi connectivity index (χ4v) is 1.78. The molecule has 14 heavy (non-hydrogen) atoms. The maximum Gasteiger partial charge on any atom is 0.0770 e. The van der Waals surface area contributed by atoms with E-state index in [2.05, 4.69) is 13.8 Å². The smallest absolute Gasteiger partial charge is 0.0770 e. The first-order chi connectivity index (χ1) is 6.74. The van der Waals surface area contributed by atoms with Gasteiger partial charge in [-0.2, -0.15) is 0 Å². The quantitative estimate of drug-likeness (QED) is 0.603. The monoisotopic (exact) mass is 202 g/mol. The van der Waals surface area contributed by atoms with E-state index < -0.39 is 6.10 Å². The van der Waals surface area contributed by atoms with E-state index in [1.54, 1.807) is 0 Å². The molecule has 0 radical (unpaired) electrons. The molecule has 0 aliphatic rings. The average molecular weight is 202 g/mol. The molecule has 0 rings (SSSR count). The third-order valence-corrected chi connectivity index (χ3v) is 2.90. The first-order valence-electron chi connectivity index (χ1n) is 6.03. The number of rotatable bonds is 9. The van der Waals surface area contributed by atoms with Crippen molar-refractivity contribution in [2.75, 3.05) is 6.61 Å². The fraction of sp³-hybridized carbons (Fsp3) is 1.00. The molecular weight excluding hydrogens is 176 g/mol. The summed E-state index contributed by atoms with van der Waals surface area (Å²) in [6.07, 6.45) is 7.66. The van der Waals surface area contributed by atoms with E-state index in [1.807, 2.05) is 0 Å². The van der Waals surface area contributed by atoms with Gasteiger partial charge in [0, 0.05) is 0 Å². The zero-order valence-corrected chi connectivity index (χ0v) is 9.71. The highest BCUT2D eigenvalue weighted by atomic mass is 16.3. The molecular formula is C12H26O2. The molecule has 0 aliphatic heterocycles. The number of hydrogen-bond acceptors (Lipinski definition) is 2. The topological polar surface area (TPSA) is 40.5 Å². The van der Waals surface area contributed by atoms with Crippen molar-refractivity contribution in [1.29, 1.82) is 0 Å². The average Bonchev–Trinajstić information content (AvgIpc) is 2.22. The van der Waals surface area contributed by atoms with E-state index in [0.29, 0.717) is 0 Å². The Morgan fingerprint density at radius 1 is 1.00 bits per heavy atom. The van der Waals surface area contributed by atoms with E-state index in [9.17, 15) is 0 Å². The molecule has 0 aromatic rings. The molecule has 0 aliphatic carbocycles. The molecule has 2 unspecified atom stereocenters. The van der Waals surface area contributed by atoms with Gasteiger partial charge >= 0.3 is 0 Å². The first-order valence-corrected chi connectivity index (χ1v) is 6.03. The zero-order chi connectivity index (χ0) is 10.8. The second-order valence-corrected chi connectivity index (χ2v) is 4.18. The SMILES string of the molecule is CCCCC(CC)CCCC(O)CO. The van der Waals surface area contributed by atoms with Crippen molar-refractivity contribution in [2.24, 2.45) is 5.92 Å². The number of aliphatic hydroxyl groups excluding tert-OH is 2. The largest absolute Gasteiger partial charge is 0.394 e. The van der Waals surface area contributed by atoms with E-state index in [1.165, 1.54) is 32.1 Å². The number of hydrogen-bond donors (Lipinski definition) is 2. The Morgan fingerprint density at radius 3 is 2.14 bits per heavy atom. The van der Waals surface area contributed by atoms with E-state index >= 15 is 0 Å². The van der Waals surface area contributed by atoms with Gasteiger partial charge in [-0.25, -0.2) is 0 Å². The van der Waals surface area contributed by atoms with Crippen molar-refractivity contribution in [1.82, 2.24) is 0 Å². The molecule has 0 saturated heterocycles. The minimum absolute atomic E-state index is 0.0915. The Morgan fingerprint density at radius 2 is 1.64 bits per heavy atom. The van der Waals surface area contributed by atoms with Crippen molar-refractivity contribution in [3.05, 3.63) is 0 Å². The van der Waals surface area contributed by atoms with Crippen LogP contribution < -0.4 is 0 Å². The highest BCUT2D eigenvalue weighted by Crippen LogP contribution is 2.19. The van der Waals surface area contributed by atoms with Crippen LogP contribution >= 0.6 is 0 Å². The van der Waals surface area contributed by atoms with Gasteiger partial charge in [0.1, 0.15) is 0 Å².